The van der Waals surface area contributed by atoms with Gasteiger partial charge in [-0.15, -0.1) is 0 Å². The second-order valence-corrected chi connectivity index (χ2v) is 4.37. The average molecular weight is 236 g/mol. The molecule has 2 nitrogen and oxygen atoms in total. The Hall–Kier alpha value is -1.28. The first-order valence-electron chi connectivity index (χ1n) is 5.54. The number of nitrogens with zero attached hydrogens (tertiary/aromatic N) is 1. The molecule has 0 aliphatic carbocycles. The zero-order chi connectivity index (χ0) is 11.5. The molecule has 84 valence electrons. The molecule has 2 rings (SSSR count). The molecule has 16 heavy (non-hydrogen) atoms. The summed E-state index contributed by atoms with van der Waals surface area (Å²) in [4.78, 5) is 0. The van der Waals surface area contributed by atoms with Gasteiger partial charge >= 0.3 is 0 Å². The Morgan fingerprint density at radius 3 is 2.88 bits per heavy atom. The summed E-state index contributed by atoms with van der Waals surface area (Å²) < 4.78 is 2.08. The quantitative estimate of drug-likeness (QED) is 0.809. The minimum absolute atomic E-state index is 0.774. The SMILES string of the molecule is CCCNc1cc[n+](C)c2cc(Cl)ccc12. The first-order chi connectivity index (χ1) is 7.72. The number of hydrogen-bond donors (Lipinski definition) is 1. The number of anilines is 1. The number of aryl methyl sites for hydroxylation is 1. The predicted octanol–water partition coefficient (Wildman–Crippen LogP) is 3.14. The number of benzene rings is 1. The van der Waals surface area contributed by atoms with E-state index in [0.717, 1.165) is 23.5 Å². The molecule has 0 atom stereocenters. The zero-order valence-electron chi connectivity index (χ0n) is 9.63. The predicted molar refractivity (Wildman–Crippen MR) is 68.9 cm³/mol. The van der Waals surface area contributed by atoms with Crippen LogP contribution in [0, 0.1) is 0 Å². The van der Waals surface area contributed by atoms with Gasteiger partial charge in [0.25, 0.3) is 0 Å². The van der Waals surface area contributed by atoms with Gasteiger partial charge < -0.3 is 5.32 Å². The van der Waals surface area contributed by atoms with Crippen molar-refractivity contribution >= 4 is 28.2 Å². The van der Waals surface area contributed by atoms with Crippen LogP contribution in [0.2, 0.25) is 5.02 Å². The van der Waals surface area contributed by atoms with Crippen LogP contribution in [0.25, 0.3) is 10.9 Å². The van der Waals surface area contributed by atoms with Crippen LogP contribution >= 0.6 is 11.6 Å². The van der Waals surface area contributed by atoms with Crippen molar-refractivity contribution < 1.29 is 4.57 Å². The maximum Gasteiger partial charge on any atom is 0.215 e. The van der Waals surface area contributed by atoms with E-state index in [9.17, 15) is 0 Å². The number of hydrogen-bond acceptors (Lipinski definition) is 1. The van der Waals surface area contributed by atoms with Crippen molar-refractivity contribution in [3.63, 3.8) is 0 Å². The van der Waals surface area contributed by atoms with Crippen molar-refractivity contribution in [1.29, 1.82) is 0 Å². The van der Waals surface area contributed by atoms with Gasteiger partial charge in [0.15, 0.2) is 6.20 Å². The second-order valence-electron chi connectivity index (χ2n) is 3.93. The first-order valence-corrected chi connectivity index (χ1v) is 5.92. The molecule has 0 aliphatic rings. The van der Waals surface area contributed by atoms with Crippen molar-refractivity contribution in [2.24, 2.45) is 7.05 Å². The molecule has 0 fully saturated rings. The number of aromatic nitrogens is 1. The smallest absolute Gasteiger partial charge is 0.215 e. The molecule has 1 aromatic carbocycles. The maximum atomic E-state index is 6.01. The first kappa shape index (κ1) is 11.2. The molecule has 0 unspecified atom stereocenters. The largest absolute Gasteiger partial charge is 0.384 e. The monoisotopic (exact) mass is 235 g/mol. The fourth-order valence-corrected chi connectivity index (χ4v) is 1.96. The van der Waals surface area contributed by atoms with Crippen molar-refractivity contribution in [2.75, 3.05) is 11.9 Å². The molecular weight excluding hydrogens is 220 g/mol. The number of rotatable bonds is 3. The minimum atomic E-state index is 0.774. The lowest BCUT2D eigenvalue weighted by Gasteiger charge is -2.07. The van der Waals surface area contributed by atoms with E-state index in [2.05, 4.69) is 35.1 Å². The van der Waals surface area contributed by atoms with E-state index in [-0.39, 0.29) is 0 Å². The van der Waals surface area contributed by atoms with Crippen LogP contribution in [0.1, 0.15) is 13.3 Å². The third-order valence-electron chi connectivity index (χ3n) is 2.66. The Labute approximate surface area is 101 Å². The van der Waals surface area contributed by atoms with Gasteiger partial charge in [0.2, 0.25) is 5.52 Å². The molecule has 0 saturated heterocycles. The van der Waals surface area contributed by atoms with Crippen LogP contribution in [-0.4, -0.2) is 6.54 Å². The van der Waals surface area contributed by atoms with Crippen LogP contribution in [-0.2, 0) is 7.05 Å². The Kier molecular flexibility index (Phi) is 3.30. The Balaban J connectivity index is 2.55. The van der Waals surface area contributed by atoms with Crippen LogP contribution in [0.4, 0.5) is 5.69 Å². The molecule has 0 spiro atoms. The number of pyridine rings is 1. The molecule has 1 N–H and O–H groups in total. The van der Waals surface area contributed by atoms with E-state index in [0.29, 0.717) is 0 Å². The van der Waals surface area contributed by atoms with Crippen molar-refractivity contribution in [3.8, 4) is 0 Å². The molecule has 1 aromatic heterocycles. The van der Waals surface area contributed by atoms with Gasteiger partial charge in [0.1, 0.15) is 7.05 Å². The van der Waals surface area contributed by atoms with Gasteiger partial charge in [0, 0.05) is 23.7 Å². The summed E-state index contributed by atoms with van der Waals surface area (Å²) in [5.41, 5.74) is 2.32. The highest BCUT2D eigenvalue weighted by atomic mass is 35.5. The third kappa shape index (κ3) is 2.12. The van der Waals surface area contributed by atoms with Gasteiger partial charge in [-0.05, 0) is 18.6 Å². The van der Waals surface area contributed by atoms with Gasteiger partial charge in [-0.25, -0.2) is 4.57 Å². The van der Waals surface area contributed by atoms with Crippen molar-refractivity contribution in [2.45, 2.75) is 13.3 Å². The standard InChI is InChI=1S/C13H15ClN2/c1-3-7-15-12-6-8-16(2)13-9-10(14)4-5-11(12)13/h4-6,8-9H,3,7H2,1-2H3/p+1. The van der Waals surface area contributed by atoms with Gasteiger partial charge in [-0.1, -0.05) is 18.5 Å². The highest BCUT2D eigenvalue weighted by molar-refractivity contribution is 6.31. The molecule has 2 aromatic rings. The molecule has 3 heteroatoms. The summed E-state index contributed by atoms with van der Waals surface area (Å²) in [6.07, 6.45) is 3.17. The van der Waals surface area contributed by atoms with Crippen LogP contribution in [0.5, 0.6) is 0 Å². The number of nitrogens with one attached hydrogen (secondary N) is 1. The summed E-state index contributed by atoms with van der Waals surface area (Å²) in [5, 5.41) is 5.41. The summed E-state index contributed by atoms with van der Waals surface area (Å²) >= 11 is 6.01. The van der Waals surface area contributed by atoms with Gasteiger partial charge in [-0.3, -0.25) is 0 Å². The highest BCUT2D eigenvalue weighted by Crippen LogP contribution is 2.23. The third-order valence-corrected chi connectivity index (χ3v) is 2.90. The molecule has 0 radical (unpaired) electrons. The van der Waals surface area contributed by atoms with E-state index in [4.69, 9.17) is 11.6 Å². The Morgan fingerprint density at radius 1 is 1.31 bits per heavy atom. The summed E-state index contributed by atoms with van der Waals surface area (Å²) in [6.45, 7) is 3.15. The highest BCUT2D eigenvalue weighted by Gasteiger charge is 2.09. The lowest BCUT2D eigenvalue weighted by atomic mass is 10.2. The maximum absolute atomic E-state index is 6.01. The van der Waals surface area contributed by atoms with Gasteiger partial charge in [0.05, 0.1) is 11.1 Å². The van der Waals surface area contributed by atoms with Crippen molar-refractivity contribution in [3.05, 3.63) is 35.5 Å². The molecule has 1 heterocycles. The van der Waals surface area contributed by atoms with E-state index in [1.807, 2.05) is 19.2 Å². The molecule has 0 aliphatic heterocycles. The lowest BCUT2D eigenvalue weighted by Crippen LogP contribution is -2.28. The fourth-order valence-electron chi connectivity index (χ4n) is 1.79. The van der Waals surface area contributed by atoms with E-state index in [1.165, 1.54) is 11.1 Å². The Morgan fingerprint density at radius 2 is 2.12 bits per heavy atom. The molecular formula is C13H16ClN2+. The normalized spacial score (nSPS) is 10.7. The second kappa shape index (κ2) is 4.71. The van der Waals surface area contributed by atoms with E-state index >= 15 is 0 Å². The average Bonchev–Trinajstić information content (AvgIpc) is 2.29. The molecule has 0 bridgehead atoms. The van der Waals surface area contributed by atoms with Crippen LogP contribution in [0.15, 0.2) is 30.5 Å². The zero-order valence-corrected chi connectivity index (χ0v) is 10.4. The Bertz CT molecular complexity index is 509. The molecule has 0 saturated carbocycles. The summed E-state index contributed by atoms with van der Waals surface area (Å²) in [5.74, 6) is 0. The fraction of sp³-hybridized carbons (Fsp3) is 0.308. The van der Waals surface area contributed by atoms with Gasteiger partial charge in [-0.2, -0.15) is 0 Å². The lowest BCUT2D eigenvalue weighted by molar-refractivity contribution is -0.644. The van der Waals surface area contributed by atoms with Crippen LogP contribution < -0.4 is 9.88 Å². The van der Waals surface area contributed by atoms with E-state index in [1.54, 1.807) is 0 Å². The van der Waals surface area contributed by atoms with Crippen LogP contribution in [0.3, 0.4) is 0 Å². The summed E-state index contributed by atoms with van der Waals surface area (Å²) in [7, 11) is 2.03. The van der Waals surface area contributed by atoms with Crippen molar-refractivity contribution in [1.82, 2.24) is 0 Å². The summed E-state index contributed by atoms with van der Waals surface area (Å²) in [6, 6.07) is 8.09. The van der Waals surface area contributed by atoms with E-state index < -0.39 is 0 Å². The topological polar surface area (TPSA) is 15.9 Å². The minimum Gasteiger partial charge on any atom is -0.384 e. The number of fused-ring (bicyclic) bond motifs is 1. The molecule has 0 amide bonds. The number of halogens is 1.